The number of hydrogen-bond acceptors (Lipinski definition) is 6. The van der Waals surface area contributed by atoms with Crippen LogP contribution in [0.2, 0.25) is 0 Å². The molecule has 0 saturated carbocycles. The van der Waals surface area contributed by atoms with Crippen LogP contribution < -0.4 is 10.1 Å². The molecule has 8 nitrogen and oxygen atoms in total. The largest absolute Gasteiger partial charge is 0.452 e. The lowest BCUT2D eigenvalue weighted by atomic mass is 10.2. The van der Waals surface area contributed by atoms with Gasteiger partial charge in [-0.2, -0.15) is 8.78 Å². The van der Waals surface area contributed by atoms with Crippen LogP contribution in [0.4, 0.5) is 20.2 Å². The lowest BCUT2D eigenvalue weighted by Crippen LogP contribution is -2.21. The predicted octanol–water partition coefficient (Wildman–Crippen LogP) is 3.30. The van der Waals surface area contributed by atoms with E-state index in [-0.39, 0.29) is 17.0 Å². The average Bonchev–Trinajstić information content (AvgIpc) is 2.61. The molecule has 1 amide bonds. The third kappa shape index (κ3) is 5.73. The highest BCUT2D eigenvalue weighted by Crippen LogP contribution is 2.21. The Kier molecular flexibility index (Phi) is 6.36. The number of halogens is 2. The van der Waals surface area contributed by atoms with Crippen LogP contribution in [-0.2, 0) is 9.53 Å². The molecule has 0 aliphatic rings. The van der Waals surface area contributed by atoms with Gasteiger partial charge in [-0.05, 0) is 36.8 Å². The first-order valence-electron chi connectivity index (χ1n) is 7.53. The van der Waals surface area contributed by atoms with E-state index >= 15 is 0 Å². The molecule has 0 fully saturated rings. The van der Waals surface area contributed by atoms with E-state index < -0.39 is 30.0 Å². The number of amides is 1. The maximum absolute atomic E-state index is 12.2. The summed E-state index contributed by atoms with van der Waals surface area (Å²) in [5, 5.41) is 13.2. The van der Waals surface area contributed by atoms with Gasteiger partial charge in [0.15, 0.2) is 6.61 Å². The Labute approximate surface area is 151 Å². The summed E-state index contributed by atoms with van der Waals surface area (Å²) >= 11 is 0. The quantitative estimate of drug-likeness (QED) is 0.449. The first kappa shape index (κ1) is 19.8. The van der Waals surface area contributed by atoms with Crippen molar-refractivity contribution in [1.82, 2.24) is 0 Å². The van der Waals surface area contributed by atoms with Crippen LogP contribution in [-0.4, -0.2) is 30.0 Å². The Hall–Kier alpha value is -3.56. The Morgan fingerprint density at radius 3 is 2.59 bits per heavy atom. The van der Waals surface area contributed by atoms with Crippen molar-refractivity contribution in [3.05, 3.63) is 63.7 Å². The number of aryl methyl sites for hydroxylation is 1. The zero-order valence-electron chi connectivity index (χ0n) is 14.0. The van der Waals surface area contributed by atoms with Crippen molar-refractivity contribution in [3.8, 4) is 5.75 Å². The average molecular weight is 380 g/mol. The highest BCUT2D eigenvalue weighted by atomic mass is 19.3. The lowest BCUT2D eigenvalue weighted by Gasteiger charge is -2.09. The van der Waals surface area contributed by atoms with Gasteiger partial charge in [-0.15, -0.1) is 0 Å². The van der Waals surface area contributed by atoms with Crippen LogP contribution >= 0.6 is 0 Å². The molecular formula is C17H14F2N2O6. The minimum absolute atomic E-state index is 0.0625. The number of esters is 1. The van der Waals surface area contributed by atoms with Gasteiger partial charge in [0, 0.05) is 17.8 Å². The Morgan fingerprint density at radius 2 is 1.96 bits per heavy atom. The smallest absolute Gasteiger partial charge is 0.387 e. The SMILES string of the molecule is Cc1cc([N+](=O)[O-])ccc1NC(=O)COC(=O)c1cccc(OC(F)F)c1. The van der Waals surface area contributed by atoms with Crippen molar-refractivity contribution in [3.63, 3.8) is 0 Å². The third-order valence-corrected chi connectivity index (χ3v) is 3.32. The molecule has 0 heterocycles. The van der Waals surface area contributed by atoms with Crippen LogP contribution in [0.25, 0.3) is 0 Å². The summed E-state index contributed by atoms with van der Waals surface area (Å²) in [6.07, 6.45) is 0. The number of anilines is 1. The summed E-state index contributed by atoms with van der Waals surface area (Å²) in [5.41, 5.74) is 0.602. The number of hydrogen-bond donors (Lipinski definition) is 1. The maximum Gasteiger partial charge on any atom is 0.387 e. The summed E-state index contributed by atoms with van der Waals surface area (Å²) in [5.74, 6) is -1.78. The Morgan fingerprint density at radius 1 is 1.22 bits per heavy atom. The lowest BCUT2D eigenvalue weighted by molar-refractivity contribution is -0.384. The van der Waals surface area contributed by atoms with Crippen LogP contribution in [0.15, 0.2) is 42.5 Å². The number of non-ortho nitro benzene ring substituents is 1. The van der Waals surface area contributed by atoms with Gasteiger partial charge in [0.05, 0.1) is 10.5 Å². The molecule has 2 aromatic carbocycles. The van der Waals surface area contributed by atoms with Gasteiger partial charge >= 0.3 is 12.6 Å². The number of nitro benzene ring substituents is 1. The second-order valence-corrected chi connectivity index (χ2v) is 5.29. The number of benzene rings is 2. The number of ether oxygens (including phenoxy) is 2. The van der Waals surface area contributed by atoms with E-state index in [1.807, 2.05) is 0 Å². The third-order valence-electron chi connectivity index (χ3n) is 3.32. The number of carbonyl (C=O) groups is 2. The second-order valence-electron chi connectivity index (χ2n) is 5.29. The Bertz CT molecular complexity index is 872. The molecule has 10 heteroatoms. The fraction of sp³-hybridized carbons (Fsp3) is 0.176. The molecule has 0 spiro atoms. The van der Waals surface area contributed by atoms with E-state index in [1.165, 1.54) is 36.4 Å². The molecule has 0 aromatic heterocycles. The molecule has 0 saturated heterocycles. The van der Waals surface area contributed by atoms with Gasteiger partial charge in [0.2, 0.25) is 0 Å². The normalized spacial score (nSPS) is 10.4. The topological polar surface area (TPSA) is 108 Å². The minimum atomic E-state index is -3.04. The van der Waals surface area contributed by atoms with Crippen molar-refractivity contribution in [2.75, 3.05) is 11.9 Å². The van der Waals surface area contributed by atoms with Crippen molar-refractivity contribution in [2.45, 2.75) is 13.5 Å². The van der Waals surface area contributed by atoms with Crippen molar-refractivity contribution in [1.29, 1.82) is 0 Å². The number of rotatable bonds is 7. The van der Waals surface area contributed by atoms with E-state index in [1.54, 1.807) is 6.92 Å². The standard InChI is InChI=1S/C17H14F2N2O6/c1-10-7-12(21(24)25)5-6-14(10)20-15(22)9-26-16(23)11-3-2-4-13(8-11)27-17(18)19/h2-8,17H,9H2,1H3,(H,20,22). The fourth-order valence-electron chi connectivity index (χ4n) is 2.10. The molecular weight excluding hydrogens is 366 g/mol. The van der Waals surface area contributed by atoms with Crippen molar-refractivity contribution < 1.29 is 32.8 Å². The summed E-state index contributed by atoms with van der Waals surface area (Å²) in [7, 11) is 0. The van der Waals surface area contributed by atoms with Crippen LogP contribution in [0.3, 0.4) is 0 Å². The van der Waals surface area contributed by atoms with Gasteiger partial charge < -0.3 is 14.8 Å². The van der Waals surface area contributed by atoms with Crippen molar-refractivity contribution >= 4 is 23.3 Å². The number of nitrogens with zero attached hydrogens (tertiary/aromatic N) is 1. The van der Waals surface area contributed by atoms with Crippen LogP contribution in [0.1, 0.15) is 15.9 Å². The first-order valence-corrected chi connectivity index (χ1v) is 7.53. The zero-order valence-corrected chi connectivity index (χ0v) is 14.0. The van der Waals surface area contributed by atoms with E-state index in [4.69, 9.17) is 4.74 Å². The Balaban J connectivity index is 1.93. The van der Waals surface area contributed by atoms with Gasteiger partial charge in [-0.25, -0.2) is 4.79 Å². The van der Waals surface area contributed by atoms with Gasteiger partial charge in [-0.3, -0.25) is 14.9 Å². The highest BCUT2D eigenvalue weighted by molar-refractivity contribution is 5.96. The molecule has 1 N–H and O–H groups in total. The molecule has 0 radical (unpaired) electrons. The highest BCUT2D eigenvalue weighted by Gasteiger charge is 2.14. The zero-order chi connectivity index (χ0) is 20.0. The summed E-state index contributed by atoms with van der Waals surface area (Å²) in [4.78, 5) is 33.9. The summed E-state index contributed by atoms with van der Waals surface area (Å²) in [6.45, 7) is -2.09. The molecule has 0 atom stereocenters. The number of nitrogens with one attached hydrogen (secondary N) is 1. The second kappa shape index (κ2) is 8.70. The summed E-state index contributed by atoms with van der Waals surface area (Å²) in [6, 6.07) is 8.82. The van der Waals surface area contributed by atoms with Gasteiger partial charge in [0.25, 0.3) is 11.6 Å². The molecule has 0 aliphatic heterocycles. The molecule has 0 unspecified atom stereocenters. The number of nitro groups is 1. The van der Waals surface area contributed by atoms with Crippen molar-refractivity contribution in [2.24, 2.45) is 0 Å². The molecule has 27 heavy (non-hydrogen) atoms. The molecule has 142 valence electrons. The van der Waals surface area contributed by atoms with Crippen LogP contribution in [0, 0.1) is 17.0 Å². The first-order chi connectivity index (χ1) is 12.8. The monoisotopic (exact) mass is 380 g/mol. The van der Waals surface area contributed by atoms with E-state index in [0.29, 0.717) is 11.3 Å². The summed E-state index contributed by atoms with van der Waals surface area (Å²) < 4.78 is 33.4. The molecule has 2 rings (SSSR count). The van der Waals surface area contributed by atoms with E-state index in [9.17, 15) is 28.5 Å². The fourth-order valence-corrected chi connectivity index (χ4v) is 2.10. The minimum Gasteiger partial charge on any atom is -0.452 e. The number of alkyl halides is 2. The molecule has 0 aliphatic carbocycles. The number of carbonyl (C=O) groups excluding carboxylic acids is 2. The van der Waals surface area contributed by atoms with E-state index in [0.717, 1.165) is 6.07 Å². The molecule has 2 aromatic rings. The van der Waals surface area contributed by atoms with E-state index in [2.05, 4.69) is 10.1 Å². The maximum atomic E-state index is 12.2. The van der Waals surface area contributed by atoms with Crippen LogP contribution in [0.5, 0.6) is 5.75 Å². The predicted molar refractivity (Wildman–Crippen MR) is 89.8 cm³/mol. The van der Waals surface area contributed by atoms with Gasteiger partial charge in [-0.1, -0.05) is 6.07 Å². The van der Waals surface area contributed by atoms with Gasteiger partial charge in [0.1, 0.15) is 5.75 Å². The molecule has 0 bridgehead atoms.